The highest BCUT2D eigenvalue weighted by Crippen LogP contribution is 2.29. The summed E-state index contributed by atoms with van der Waals surface area (Å²) in [7, 11) is 0. The van der Waals surface area contributed by atoms with Crippen LogP contribution in [0.5, 0.6) is 11.5 Å². The molecule has 0 saturated carbocycles. The molecule has 3 aromatic rings. The summed E-state index contributed by atoms with van der Waals surface area (Å²) in [4.78, 5) is 36.5. The number of carbonyl (C=O) groups excluding carboxylic acids is 3. The topological polar surface area (TPSA) is 106 Å². The third-order valence-electron chi connectivity index (χ3n) is 4.64. The summed E-state index contributed by atoms with van der Waals surface area (Å²) in [5.41, 5.74) is 3.79. The Bertz CT molecular complexity index is 1210. The lowest BCUT2D eigenvalue weighted by molar-refractivity contribution is -0.120. The fourth-order valence-electron chi connectivity index (χ4n) is 2.96. The Morgan fingerprint density at radius 3 is 2.46 bits per heavy atom. The average Bonchev–Trinajstić information content (AvgIpc) is 2.86. The largest absolute Gasteiger partial charge is 0.490 e. The number of hydrogen-bond donors (Lipinski definition) is 2. The highest BCUT2D eigenvalue weighted by molar-refractivity contribution is 6.33. The molecule has 9 heteroatoms. The molecule has 0 bridgehead atoms. The molecule has 35 heavy (non-hydrogen) atoms. The zero-order valence-corrected chi connectivity index (χ0v) is 19.7. The number of ether oxygens (including phenoxy) is 2. The highest BCUT2D eigenvalue weighted by atomic mass is 35.5. The summed E-state index contributed by atoms with van der Waals surface area (Å²) in [5, 5.41) is 6.91. The number of benzene rings is 3. The second-order valence-electron chi connectivity index (χ2n) is 7.17. The van der Waals surface area contributed by atoms with E-state index in [1.807, 2.05) is 13.0 Å². The van der Waals surface area contributed by atoms with Gasteiger partial charge in [-0.05, 0) is 55.0 Å². The molecule has 0 aromatic heterocycles. The summed E-state index contributed by atoms with van der Waals surface area (Å²) in [5.74, 6) is -0.588. The monoisotopic (exact) mass is 493 g/mol. The molecule has 0 unspecified atom stereocenters. The van der Waals surface area contributed by atoms with Gasteiger partial charge in [-0.15, -0.1) is 0 Å². The molecule has 2 amide bonds. The van der Waals surface area contributed by atoms with Gasteiger partial charge >= 0.3 is 5.97 Å². The van der Waals surface area contributed by atoms with Crippen molar-refractivity contribution in [2.75, 3.05) is 13.2 Å². The number of nitrogens with zero attached hydrogens (tertiary/aromatic N) is 1. The van der Waals surface area contributed by atoms with E-state index in [-0.39, 0.29) is 30.5 Å². The van der Waals surface area contributed by atoms with Gasteiger partial charge in [0, 0.05) is 13.0 Å². The molecule has 2 N–H and O–H groups in total. The number of esters is 1. The van der Waals surface area contributed by atoms with E-state index in [1.165, 1.54) is 6.21 Å². The maximum Gasteiger partial charge on any atom is 0.343 e. The molecule has 0 heterocycles. The fourth-order valence-corrected chi connectivity index (χ4v) is 3.18. The lowest BCUT2D eigenvalue weighted by Crippen LogP contribution is -2.29. The molecule has 0 fully saturated rings. The predicted molar refractivity (Wildman–Crippen MR) is 133 cm³/mol. The van der Waals surface area contributed by atoms with E-state index in [9.17, 15) is 14.4 Å². The minimum atomic E-state index is -0.498. The van der Waals surface area contributed by atoms with Crippen LogP contribution in [0, 0.1) is 0 Å². The molecular formula is C26H24ClN3O5. The van der Waals surface area contributed by atoms with E-state index in [1.54, 1.807) is 66.7 Å². The highest BCUT2D eigenvalue weighted by Gasteiger charge is 2.13. The molecule has 0 aliphatic rings. The van der Waals surface area contributed by atoms with Crippen molar-refractivity contribution >= 4 is 35.6 Å². The number of hydrazone groups is 1. The smallest absolute Gasteiger partial charge is 0.343 e. The third-order valence-corrected chi connectivity index (χ3v) is 4.97. The Labute approximate surface area is 207 Å². The Balaban J connectivity index is 1.52. The molecule has 180 valence electrons. The van der Waals surface area contributed by atoms with Gasteiger partial charge in [0.25, 0.3) is 5.91 Å². The average molecular weight is 494 g/mol. The Morgan fingerprint density at radius 1 is 0.971 bits per heavy atom. The number of amides is 2. The van der Waals surface area contributed by atoms with E-state index >= 15 is 0 Å². The molecular weight excluding hydrogens is 470 g/mol. The van der Waals surface area contributed by atoms with Gasteiger partial charge in [-0.2, -0.15) is 5.10 Å². The zero-order chi connectivity index (χ0) is 25.0. The van der Waals surface area contributed by atoms with Crippen LogP contribution in [0.25, 0.3) is 0 Å². The molecule has 8 nitrogen and oxygen atoms in total. The van der Waals surface area contributed by atoms with Crippen molar-refractivity contribution in [2.24, 2.45) is 5.10 Å². The standard InChI is InChI=1S/C26H24ClN3O5/c1-2-34-23-16-18(12-13-22(23)35-26(33)19-8-4-3-5-9-19)17-29-30-24(31)14-15-28-25(32)20-10-6-7-11-21(20)27/h3-13,16-17H,2,14-15H2,1H3,(H,28,32)(H,30,31)/b29-17-. The van der Waals surface area contributed by atoms with Gasteiger partial charge in [0.1, 0.15) is 0 Å². The zero-order valence-electron chi connectivity index (χ0n) is 19.0. The van der Waals surface area contributed by atoms with Crippen LogP contribution in [0.4, 0.5) is 0 Å². The van der Waals surface area contributed by atoms with E-state index in [0.717, 1.165) is 0 Å². The van der Waals surface area contributed by atoms with Crippen molar-refractivity contribution < 1.29 is 23.9 Å². The van der Waals surface area contributed by atoms with Gasteiger partial charge in [0.05, 0.1) is 29.0 Å². The fraction of sp³-hybridized carbons (Fsp3) is 0.154. The summed E-state index contributed by atoms with van der Waals surface area (Å²) in [6.45, 7) is 2.31. The van der Waals surface area contributed by atoms with Crippen LogP contribution in [0.2, 0.25) is 5.02 Å². The number of hydrogen-bond acceptors (Lipinski definition) is 6. The molecule has 3 aromatic carbocycles. The first-order chi connectivity index (χ1) is 17.0. The molecule has 0 atom stereocenters. The number of nitrogens with one attached hydrogen (secondary N) is 2. The van der Waals surface area contributed by atoms with Crippen LogP contribution in [0.1, 0.15) is 39.6 Å². The molecule has 0 aliphatic heterocycles. The maximum absolute atomic E-state index is 12.3. The summed E-state index contributed by atoms with van der Waals surface area (Å²) in [6.07, 6.45) is 1.47. The lowest BCUT2D eigenvalue weighted by Gasteiger charge is -2.11. The van der Waals surface area contributed by atoms with Gasteiger partial charge in [-0.1, -0.05) is 41.9 Å². The molecule has 0 radical (unpaired) electrons. The number of carbonyl (C=O) groups is 3. The lowest BCUT2D eigenvalue weighted by atomic mass is 10.2. The number of halogens is 1. The molecule has 0 saturated heterocycles. The minimum absolute atomic E-state index is 0.0338. The summed E-state index contributed by atoms with van der Waals surface area (Å²) < 4.78 is 11.1. The SMILES string of the molecule is CCOc1cc(/C=N\NC(=O)CCNC(=O)c2ccccc2Cl)ccc1OC(=O)c1ccccc1. The van der Waals surface area contributed by atoms with Crippen LogP contribution in [-0.2, 0) is 4.79 Å². The maximum atomic E-state index is 12.3. The number of rotatable bonds is 10. The van der Waals surface area contributed by atoms with Gasteiger partial charge in [0.15, 0.2) is 11.5 Å². The van der Waals surface area contributed by atoms with Crippen LogP contribution in [-0.4, -0.2) is 37.1 Å². The van der Waals surface area contributed by atoms with Crippen LogP contribution in [0.3, 0.4) is 0 Å². The van der Waals surface area contributed by atoms with E-state index in [2.05, 4.69) is 15.8 Å². The normalized spacial score (nSPS) is 10.6. The summed E-state index contributed by atoms with van der Waals surface area (Å²) >= 11 is 5.99. The van der Waals surface area contributed by atoms with Crippen molar-refractivity contribution in [3.8, 4) is 11.5 Å². The molecule has 0 spiro atoms. The second kappa shape index (κ2) is 12.9. The third kappa shape index (κ3) is 7.68. The Morgan fingerprint density at radius 2 is 1.71 bits per heavy atom. The van der Waals surface area contributed by atoms with Crippen molar-refractivity contribution in [2.45, 2.75) is 13.3 Å². The van der Waals surface area contributed by atoms with Gasteiger partial charge in [0.2, 0.25) is 5.91 Å². The minimum Gasteiger partial charge on any atom is -0.490 e. The first-order valence-corrected chi connectivity index (χ1v) is 11.2. The van der Waals surface area contributed by atoms with Crippen molar-refractivity contribution in [3.05, 3.63) is 94.5 Å². The van der Waals surface area contributed by atoms with Gasteiger partial charge in [-0.25, -0.2) is 10.2 Å². The first kappa shape index (κ1) is 25.5. The Hall–Kier alpha value is -4.17. The van der Waals surface area contributed by atoms with Crippen molar-refractivity contribution in [1.29, 1.82) is 0 Å². The second-order valence-corrected chi connectivity index (χ2v) is 7.58. The molecule has 0 aliphatic carbocycles. The van der Waals surface area contributed by atoms with E-state index in [0.29, 0.717) is 34.1 Å². The van der Waals surface area contributed by atoms with E-state index < -0.39 is 5.97 Å². The Kier molecular flexibility index (Phi) is 9.39. The predicted octanol–water partition coefficient (Wildman–Crippen LogP) is 4.23. The van der Waals surface area contributed by atoms with Gasteiger partial charge in [-0.3, -0.25) is 9.59 Å². The quantitative estimate of drug-likeness (QED) is 0.190. The van der Waals surface area contributed by atoms with Crippen molar-refractivity contribution in [3.63, 3.8) is 0 Å². The van der Waals surface area contributed by atoms with Crippen LogP contribution in [0.15, 0.2) is 77.9 Å². The van der Waals surface area contributed by atoms with Crippen LogP contribution < -0.4 is 20.2 Å². The van der Waals surface area contributed by atoms with Gasteiger partial charge < -0.3 is 14.8 Å². The summed E-state index contributed by atoms with van der Waals surface area (Å²) in [6, 6.07) is 20.2. The molecule has 3 rings (SSSR count). The van der Waals surface area contributed by atoms with Crippen molar-refractivity contribution in [1.82, 2.24) is 10.7 Å². The van der Waals surface area contributed by atoms with E-state index in [4.69, 9.17) is 21.1 Å². The van der Waals surface area contributed by atoms with Crippen LogP contribution >= 0.6 is 11.6 Å². The first-order valence-electron chi connectivity index (χ1n) is 10.9.